The Kier molecular flexibility index (Phi) is 4.27. The van der Waals surface area contributed by atoms with Gasteiger partial charge >= 0.3 is 0 Å². The lowest BCUT2D eigenvalue weighted by Gasteiger charge is -2.13. The number of hydrogen-bond donors (Lipinski definition) is 0. The average Bonchev–Trinajstić information content (AvgIpc) is 2.08. The fourth-order valence-electron chi connectivity index (χ4n) is 1.40. The monoisotopic (exact) mass is 280 g/mol. The van der Waals surface area contributed by atoms with Gasteiger partial charge < -0.3 is 0 Å². The highest BCUT2D eigenvalue weighted by molar-refractivity contribution is 7.90. The SMILES string of the molecule is Cc1cc(Cl)c(C(Cl)CS(C)(=O)=O)cc1C. The molecule has 0 heterocycles. The molecule has 0 saturated carbocycles. The zero-order chi connectivity index (χ0) is 12.5. The molecule has 0 aliphatic heterocycles. The molecular weight excluding hydrogens is 267 g/mol. The lowest BCUT2D eigenvalue weighted by Crippen LogP contribution is -2.09. The van der Waals surface area contributed by atoms with Crippen LogP contribution in [0.1, 0.15) is 22.1 Å². The summed E-state index contributed by atoms with van der Waals surface area (Å²) in [6.45, 7) is 3.89. The molecule has 0 fully saturated rings. The molecule has 1 atom stereocenters. The predicted molar refractivity (Wildman–Crippen MR) is 69.2 cm³/mol. The van der Waals surface area contributed by atoms with E-state index in [0.29, 0.717) is 10.6 Å². The number of hydrogen-bond acceptors (Lipinski definition) is 2. The van der Waals surface area contributed by atoms with E-state index in [1.165, 1.54) is 0 Å². The van der Waals surface area contributed by atoms with Gasteiger partial charge in [-0.15, -0.1) is 11.6 Å². The maximum Gasteiger partial charge on any atom is 0.149 e. The quantitative estimate of drug-likeness (QED) is 0.797. The summed E-state index contributed by atoms with van der Waals surface area (Å²) < 4.78 is 22.3. The fourth-order valence-corrected chi connectivity index (χ4v) is 3.38. The largest absolute Gasteiger partial charge is 0.229 e. The average molecular weight is 281 g/mol. The first kappa shape index (κ1) is 13.8. The highest BCUT2D eigenvalue weighted by Crippen LogP contribution is 2.31. The van der Waals surface area contributed by atoms with Gasteiger partial charge in [-0.25, -0.2) is 8.42 Å². The Bertz CT molecular complexity index is 495. The van der Waals surface area contributed by atoms with Crippen molar-refractivity contribution in [2.45, 2.75) is 19.2 Å². The van der Waals surface area contributed by atoms with Crippen LogP contribution in [-0.4, -0.2) is 20.4 Å². The second-order valence-electron chi connectivity index (χ2n) is 4.02. The van der Waals surface area contributed by atoms with Gasteiger partial charge in [-0.05, 0) is 36.6 Å². The minimum Gasteiger partial charge on any atom is -0.229 e. The molecular formula is C11H14Cl2O2S. The molecule has 1 aromatic rings. The Morgan fingerprint density at radius 1 is 1.25 bits per heavy atom. The summed E-state index contributed by atoms with van der Waals surface area (Å²) in [5.41, 5.74) is 2.80. The number of aryl methyl sites for hydroxylation is 2. The summed E-state index contributed by atoms with van der Waals surface area (Å²) in [4.78, 5) is 0. The van der Waals surface area contributed by atoms with Crippen LogP contribution in [0.4, 0.5) is 0 Å². The Labute approximate surface area is 106 Å². The van der Waals surface area contributed by atoms with Crippen LogP contribution in [0.2, 0.25) is 5.02 Å². The first-order chi connectivity index (χ1) is 7.20. The molecule has 1 unspecified atom stereocenters. The van der Waals surface area contributed by atoms with Gasteiger partial charge in [-0.1, -0.05) is 17.7 Å². The smallest absolute Gasteiger partial charge is 0.149 e. The van der Waals surface area contributed by atoms with Gasteiger partial charge in [-0.3, -0.25) is 0 Å². The lowest BCUT2D eigenvalue weighted by molar-refractivity contribution is 0.600. The first-order valence-electron chi connectivity index (χ1n) is 4.79. The Morgan fingerprint density at radius 3 is 2.25 bits per heavy atom. The van der Waals surface area contributed by atoms with E-state index in [0.717, 1.165) is 17.4 Å². The summed E-state index contributed by atoms with van der Waals surface area (Å²) in [7, 11) is -3.10. The second kappa shape index (κ2) is 4.94. The van der Waals surface area contributed by atoms with Crippen LogP contribution in [-0.2, 0) is 9.84 Å². The van der Waals surface area contributed by atoms with Crippen LogP contribution in [0.15, 0.2) is 12.1 Å². The van der Waals surface area contributed by atoms with E-state index in [1.54, 1.807) is 0 Å². The van der Waals surface area contributed by atoms with Crippen molar-refractivity contribution in [2.24, 2.45) is 0 Å². The lowest BCUT2D eigenvalue weighted by atomic mass is 10.0. The number of halogens is 2. The van der Waals surface area contributed by atoms with E-state index in [9.17, 15) is 8.42 Å². The number of rotatable bonds is 3. The van der Waals surface area contributed by atoms with Crippen molar-refractivity contribution in [2.75, 3.05) is 12.0 Å². The summed E-state index contributed by atoms with van der Waals surface area (Å²) in [6, 6.07) is 3.66. The summed E-state index contributed by atoms with van der Waals surface area (Å²) in [6.07, 6.45) is 1.16. The van der Waals surface area contributed by atoms with Gasteiger partial charge in [0, 0.05) is 11.3 Å². The van der Waals surface area contributed by atoms with Gasteiger partial charge in [0.25, 0.3) is 0 Å². The molecule has 2 nitrogen and oxygen atoms in total. The third-order valence-electron chi connectivity index (χ3n) is 2.40. The minimum absolute atomic E-state index is 0.100. The molecule has 90 valence electrons. The third-order valence-corrected chi connectivity index (χ3v) is 4.24. The van der Waals surface area contributed by atoms with Crippen LogP contribution in [0.3, 0.4) is 0 Å². The Hall–Kier alpha value is -0.250. The van der Waals surface area contributed by atoms with E-state index >= 15 is 0 Å². The van der Waals surface area contributed by atoms with E-state index < -0.39 is 15.2 Å². The second-order valence-corrected chi connectivity index (χ2v) is 7.14. The number of sulfone groups is 1. The van der Waals surface area contributed by atoms with Crippen LogP contribution >= 0.6 is 23.2 Å². The first-order valence-corrected chi connectivity index (χ1v) is 7.66. The molecule has 0 aliphatic carbocycles. The molecule has 16 heavy (non-hydrogen) atoms. The van der Waals surface area contributed by atoms with Crippen molar-refractivity contribution in [3.63, 3.8) is 0 Å². The van der Waals surface area contributed by atoms with Crippen molar-refractivity contribution in [1.82, 2.24) is 0 Å². The van der Waals surface area contributed by atoms with E-state index in [2.05, 4.69) is 0 Å². The van der Waals surface area contributed by atoms with E-state index in [1.807, 2.05) is 26.0 Å². The maximum absolute atomic E-state index is 11.2. The van der Waals surface area contributed by atoms with Crippen molar-refractivity contribution in [3.05, 3.63) is 33.8 Å². The Balaban J connectivity index is 3.09. The molecule has 0 aromatic heterocycles. The standard InChI is InChI=1S/C11H14Cl2O2S/c1-7-4-9(10(12)5-8(7)2)11(13)6-16(3,14)15/h4-5,11H,6H2,1-3H3. The topological polar surface area (TPSA) is 34.1 Å². The Morgan fingerprint density at radius 2 is 1.75 bits per heavy atom. The summed E-state index contributed by atoms with van der Waals surface area (Å²) in [5.74, 6) is -0.100. The molecule has 0 N–H and O–H groups in total. The fraction of sp³-hybridized carbons (Fsp3) is 0.455. The van der Waals surface area contributed by atoms with Crippen molar-refractivity contribution in [3.8, 4) is 0 Å². The third kappa shape index (κ3) is 3.65. The predicted octanol–water partition coefficient (Wildman–Crippen LogP) is 3.28. The molecule has 0 saturated heterocycles. The van der Waals surface area contributed by atoms with Gasteiger partial charge in [0.2, 0.25) is 0 Å². The molecule has 0 bridgehead atoms. The highest BCUT2D eigenvalue weighted by Gasteiger charge is 2.18. The van der Waals surface area contributed by atoms with Crippen LogP contribution in [0, 0.1) is 13.8 Å². The zero-order valence-corrected chi connectivity index (χ0v) is 11.7. The molecule has 0 aliphatic rings. The number of alkyl halides is 1. The van der Waals surface area contributed by atoms with Crippen molar-refractivity contribution >= 4 is 33.0 Å². The minimum atomic E-state index is -3.10. The van der Waals surface area contributed by atoms with E-state index in [-0.39, 0.29) is 5.75 Å². The molecule has 1 aromatic carbocycles. The van der Waals surface area contributed by atoms with Crippen LogP contribution in [0.5, 0.6) is 0 Å². The van der Waals surface area contributed by atoms with Gasteiger partial charge in [0.05, 0.1) is 11.1 Å². The summed E-state index contributed by atoms with van der Waals surface area (Å²) in [5, 5.41) is -0.0754. The number of benzene rings is 1. The van der Waals surface area contributed by atoms with Crippen molar-refractivity contribution < 1.29 is 8.42 Å². The van der Waals surface area contributed by atoms with E-state index in [4.69, 9.17) is 23.2 Å². The van der Waals surface area contributed by atoms with Crippen molar-refractivity contribution in [1.29, 1.82) is 0 Å². The highest BCUT2D eigenvalue weighted by atomic mass is 35.5. The van der Waals surface area contributed by atoms with Gasteiger partial charge in [0.15, 0.2) is 0 Å². The zero-order valence-electron chi connectivity index (χ0n) is 9.42. The maximum atomic E-state index is 11.2. The molecule has 0 spiro atoms. The van der Waals surface area contributed by atoms with Gasteiger partial charge in [0.1, 0.15) is 9.84 Å². The molecule has 0 amide bonds. The molecule has 0 radical (unpaired) electrons. The normalized spacial score (nSPS) is 13.8. The van der Waals surface area contributed by atoms with Gasteiger partial charge in [-0.2, -0.15) is 0 Å². The summed E-state index contributed by atoms with van der Waals surface area (Å²) >= 11 is 12.1. The molecule has 5 heteroatoms. The molecule has 1 rings (SSSR count). The van der Waals surface area contributed by atoms with Crippen LogP contribution < -0.4 is 0 Å². The van der Waals surface area contributed by atoms with Crippen LogP contribution in [0.25, 0.3) is 0 Å².